The maximum Gasteiger partial charge on any atom is 0.325 e. The summed E-state index contributed by atoms with van der Waals surface area (Å²) in [6.07, 6.45) is 2.05. The van der Waals surface area contributed by atoms with Crippen LogP contribution in [0.4, 0.5) is 0 Å². The molecule has 3 N–H and O–H groups in total. The maximum atomic E-state index is 12.2. The Morgan fingerprint density at radius 3 is 2.59 bits per heavy atom. The first-order valence-electron chi connectivity index (χ1n) is 8.27. The summed E-state index contributed by atoms with van der Waals surface area (Å²) >= 11 is 11.6. The molecular formula is C17H19Cl2N3O5. The third kappa shape index (κ3) is 5.83. The van der Waals surface area contributed by atoms with Crippen LogP contribution in [-0.4, -0.2) is 54.3 Å². The SMILES string of the molecule is NC(=O)[C@H]1CCCCN1C(=O)COC(=O)CNC(=O)c1ccc(Cl)c(Cl)c1. The van der Waals surface area contributed by atoms with Gasteiger partial charge in [-0.3, -0.25) is 19.2 Å². The second-order valence-electron chi connectivity index (χ2n) is 5.97. The molecular weight excluding hydrogens is 397 g/mol. The minimum atomic E-state index is -0.788. The number of nitrogens with one attached hydrogen (secondary N) is 1. The first-order valence-corrected chi connectivity index (χ1v) is 9.03. The van der Waals surface area contributed by atoms with Gasteiger partial charge >= 0.3 is 5.97 Å². The van der Waals surface area contributed by atoms with Gasteiger partial charge in [-0.1, -0.05) is 23.2 Å². The Morgan fingerprint density at radius 1 is 1.19 bits per heavy atom. The number of hydrogen-bond acceptors (Lipinski definition) is 5. The molecule has 1 fully saturated rings. The van der Waals surface area contributed by atoms with E-state index < -0.39 is 42.9 Å². The third-order valence-electron chi connectivity index (χ3n) is 4.08. The molecule has 0 bridgehead atoms. The Morgan fingerprint density at radius 2 is 1.93 bits per heavy atom. The molecule has 0 radical (unpaired) electrons. The van der Waals surface area contributed by atoms with Crippen molar-refractivity contribution in [3.8, 4) is 0 Å². The summed E-state index contributed by atoms with van der Waals surface area (Å²) in [5.41, 5.74) is 5.53. The smallest absolute Gasteiger partial charge is 0.325 e. The number of likely N-dealkylation sites (tertiary alicyclic amines) is 1. The lowest BCUT2D eigenvalue weighted by atomic mass is 10.0. The van der Waals surface area contributed by atoms with Crippen LogP contribution in [0.3, 0.4) is 0 Å². The number of nitrogens with two attached hydrogens (primary N) is 1. The molecule has 10 heteroatoms. The molecule has 8 nitrogen and oxygen atoms in total. The quantitative estimate of drug-likeness (QED) is 0.674. The molecule has 1 atom stereocenters. The van der Waals surface area contributed by atoms with Crippen LogP contribution in [-0.2, 0) is 19.1 Å². The molecule has 0 aromatic heterocycles. The normalized spacial score (nSPS) is 16.5. The largest absolute Gasteiger partial charge is 0.454 e. The van der Waals surface area contributed by atoms with Crippen molar-refractivity contribution in [1.29, 1.82) is 0 Å². The molecule has 1 aromatic rings. The van der Waals surface area contributed by atoms with Gasteiger partial charge in [-0.05, 0) is 37.5 Å². The van der Waals surface area contributed by atoms with Crippen LogP contribution in [0, 0.1) is 0 Å². The van der Waals surface area contributed by atoms with Gasteiger partial charge in [0.1, 0.15) is 12.6 Å². The summed E-state index contributed by atoms with van der Waals surface area (Å²) in [6, 6.07) is 3.61. The van der Waals surface area contributed by atoms with Crippen molar-refractivity contribution in [3.63, 3.8) is 0 Å². The van der Waals surface area contributed by atoms with Crippen molar-refractivity contribution in [2.24, 2.45) is 5.73 Å². The fourth-order valence-corrected chi connectivity index (χ4v) is 2.99. The van der Waals surface area contributed by atoms with Crippen LogP contribution in [0.25, 0.3) is 0 Å². The van der Waals surface area contributed by atoms with Gasteiger partial charge in [-0.2, -0.15) is 0 Å². The van der Waals surface area contributed by atoms with E-state index in [1.807, 2.05) is 0 Å². The highest BCUT2D eigenvalue weighted by Gasteiger charge is 2.30. The zero-order chi connectivity index (χ0) is 20.0. The summed E-state index contributed by atoms with van der Waals surface area (Å²) in [6.45, 7) is -0.561. The van der Waals surface area contributed by atoms with Crippen LogP contribution >= 0.6 is 23.2 Å². The Hall–Kier alpha value is -2.32. The van der Waals surface area contributed by atoms with E-state index in [2.05, 4.69) is 5.32 Å². The van der Waals surface area contributed by atoms with Gasteiger partial charge in [0.25, 0.3) is 11.8 Å². The number of benzene rings is 1. The minimum Gasteiger partial charge on any atom is -0.454 e. The van der Waals surface area contributed by atoms with Gasteiger partial charge < -0.3 is 20.7 Å². The first kappa shape index (κ1) is 21.0. The van der Waals surface area contributed by atoms with Crippen LogP contribution in [0.5, 0.6) is 0 Å². The van der Waals surface area contributed by atoms with E-state index in [1.165, 1.54) is 23.1 Å². The van der Waals surface area contributed by atoms with Gasteiger partial charge in [-0.25, -0.2) is 0 Å². The fraction of sp³-hybridized carbons (Fsp3) is 0.412. The molecule has 3 amide bonds. The summed E-state index contributed by atoms with van der Waals surface area (Å²) in [7, 11) is 0. The lowest BCUT2D eigenvalue weighted by molar-refractivity contribution is -0.154. The molecule has 0 aliphatic carbocycles. The minimum absolute atomic E-state index is 0.211. The number of carbonyl (C=O) groups excluding carboxylic acids is 4. The molecule has 1 aromatic carbocycles. The molecule has 0 unspecified atom stereocenters. The van der Waals surface area contributed by atoms with Gasteiger partial charge in [0.2, 0.25) is 5.91 Å². The standard InChI is InChI=1S/C17H19Cl2N3O5/c18-11-5-4-10(7-12(11)19)17(26)21-8-15(24)27-9-14(23)22-6-2-1-3-13(22)16(20)25/h4-5,7,13H,1-3,6,8-9H2,(H2,20,25)(H,21,26)/t13-/m1/s1. The molecule has 2 rings (SSSR count). The lowest BCUT2D eigenvalue weighted by Crippen LogP contribution is -2.51. The molecule has 1 aliphatic rings. The van der Waals surface area contributed by atoms with Crippen molar-refractivity contribution in [1.82, 2.24) is 10.2 Å². The van der Waals surface area contributed by atoms with Crippen LogP contribution in [0.2, 0.25) is 10.0 Å². The molecule has 146 valence electrons. The van der Waals surface area contributed by atoms with Crippen molar-refractivity contribution < 1.29 is 23.9 Å². The number of rotatable bonds is 6. The predicted molar refractivity (Wildman–Crippen MR) is 98.3 cm³/mol. The van der Waals surface area contributed by atoms with E-state index in [0.717, 1.165) is 12.8 Å². The Labute approximate surface area is 165 Å². The highest BCUT2D eigenvalue weighted by atomic mass is 35.5. The van der Waals surface area contributed by atoms with E-state index in [4.69, 9.17) is 33.7 Å². The number of esters is 1. The Bertz CT molecular complexity index is 756. The van der Waals surface area contributed by atoms with Crippen molar-refractivity contribution in [2.45, 2.75) is 25.3 Å². The fourth-order valence-electron chi connectivity index (χ4n) is 2.69. The van der Waals surface area contributed by atoms with Crippen molar-refractivity contribution in [2.75, 3.05) is 19.7 Å². The molecule has 0 spiro atoms. The van der Waals surface area contributed by atoms with E-state index in [-0.39, 0.29) is 10.6 Å². The van der Waals surface area contributed by atoms with Crippen molar-refractivity contribution in [3.05, 3.63) is 33.8 Å². The summed E-state index contributed by atoms with van der Waals surface area (Å²) < 4.78 is 4.87. The number of amides is 3. The van der Waals surface area contributed by atoms with Gasteiger partial charge in [0.15, 0.2) is 6.61 Å². The topological polar surface area (TPSA) is 119 Å². The Kier molecular flexibility index (Phi) is 7.44. The summed E-state index contributed by atoms with van der Waals surface area (Å²) in [5, 5.41) is 2.88. The van der Waals surface area contributed by atoms with Gasteiger partial charge in [0, 0.05) is 12.1 Å². The van der Waals surface area contributed by atoms with Gasteiger partial charge in [0.05, 0.1) is 10.0 Å². The van der Waals surface area contributed by atoms with Crippen LogP contribution in [0.15, 0.2) is 18.2 Å². The number of ether oxygens (including phenoxy) is 1. The number of nitrogens with zero attached hydrogens (tertiary/aromatic N) is 1. The van der Waals surface area contributed by atoms with E-state index >= 15 is 0 Å². The Balaban J connectivity index is 1.80. The molecule has 0 saturated carbocycles. The average molecular weight is 416 g/mol. The second-order valence-corrected chi connectivity index (χ2v) is 6.79. The number of piperidine rings is 1. The highest BCUT2D eigenvalue weighted by molar-refractivity contribution is 6.42. The lowest BCUT2D eigenvalue weighted by Gasteiger charge is -2.33. The third-order valence-corrected chi connectivity index (χ3v) is 4.82. The number of primary amides is 1. The van der Waals surface area contributed by atoms with Crippen LogP contribution in [0.1, 0.15) is 29.6 Å². The summed E-state index contributed by atoms with van der Waals surface area (Å²) in [4.78, 5) is 48.6. The second kappa shape index (κ2) is 9.57. The highest BCUT2D eigenvalue weighted by Crippen LogP contribution is 2.22. The molecule has 1 aliphatic heterocycles. The van der Waals surface area contributed by atoms with E-state index in [1.54, 1.807) is 0 Å². The molecule has 1 heterocycles. The monoisotopic (exact) mass is 415 g/mol. The maximum absolute atomic E-state index is 12.2. The predicted octanol–water partition coefficient (Wildman–Crippen LogP) is 1.13. The number of carbonyl (C=O) groups is 4. The first-order chi connectivity index (χ1) is 12.8. The summed E-state index contributed by atoms with van der Waals surface area (Å²) in [5.74, 6) is -2.41. The molecule has 1 saturated heterocycles. The van der Waals surface area contributed by atoms with Crippen molar-refractivity contribution >= 4 is 46.9 Å². The number of hydrogen-bond donors (Lipinski definition) is 2. The van der Waals surface area contributed by atoms with Gasteiger partial charge in [-0.15, -0.1) is 0 Å². The van der Waals surface area contributed by atoms with E-state index in [9.17, 15) is 19.2 Å². The number of halogens is 2. The average Bonchev–Trinajstić information content (AvgIpc) is 2.66. The molecule has 27 heavy (non-hydrogen) atoms. The zero-order valence-electron chi connectivity index (χ0n) is 14.4. The van der Waals surface area contributed by atoms with E-state index in [0.29, 0.717) is 18.0 Å². The zero-order valence-corrected chi connectivity index (χ0v) is 15.9. The van der Waals surface area contributed by atoms with Crippen LogP contribution < -0.4 is 11.1 Å².